The second-order valence-corrected chi connectivity index (χ2v) is 22.7. The molecule has 1 amide bonds. The minimum absolute atomic E-state index is 0.0425. The summed E-state index contributed by atoms with van der Waals surface area (Å²) in [6.07, 6.45) is 12.6. The number of nitro benzene ring substituents is 1. The number of H-pyrrole nitrogens is 1. The lowest BCUT2D eigenvalue weighted by Crippen LogP contribution is -2.54. The van der Waals surface area contributed by atoms with Crippen LogP contribution in [0.15, 0.2) is 77.8 Å². The van der Waals surface area contributed by atoms with E-state index in [2.05, 4.69) is 81.8 Å². The molecule has 68 heavy (non-hydrogen) atoms. The second kappa shape index (κ2) is 17.9. The highest BCUT2D eigenvalue weighted by molar-refractivity contribution is 7.90. The highest BCUT2D eigenvalue weighted by atomic mass is 32.2. The number of anilines is 2. The quantitative estimate of drug-likeness (QED) is 0.0797. The molecule has 5 heterocycles. The maximum Gasteiger partial charge on any atom is 0.297 e. The molecule has 0 radical (unpaired) electrons. The second-order valence-electron chi connectivity index (χ2n) is 21.0. The van der Waals surface area contributed by atoms with Crippen molar-refractivity contribution < 1.29 is 32.3 Å². The van der Waals surface area contributed by atoms with Crippen molar-refractivity contribution in [1.82, 2.24) is 19.6 Å². The van der Waals surface area contributed by atoms with Crippen LogP contribution in [0, 0.1) is 26.9 Å². The van der Waals surface area contributed by atoms with Crippen molar-refractivity contribution in [3.8, 4) is 23.1 Å². The van der Waals surface area contributed by atoms with Gasteiger partial charge in [-0.2, -0.15) is 4.98 Å². The number of pyridine rings is 1. The Morgan fingerprint density at radius 3 is 2.47 bits per heavy atom. The molecule has 16 heteroatoms. The van der Waals surface area contributed by atoms with Crippen LogP contribution in [0.4, 0.5) is 17.1 Å². The fraction of sp³-hybridized carbons (Fsp3) is 0.500. The molecular formula is C52H63N7O8S. The van der Waals surface area contributed by atoms with Crippen LogP contribution in [0.1, 0.15) is 125 Å². The van der Waals surface area contributed by atoms with E-state index in [1.54, 1.807) is 24.4 Å². The smallest absolute Gasteiger partial charge is 0.297 e. The molecule has 4 fully saturated rings. The molecule has 0 bridgehead atoms. The first kappa shape index (κ1) is 45.9. The predicted molar refractivity (Wildman–Crippen MR) is 262 cm³/mol. The first-order chi connectivity index (χ1) is 32.6. The molecule has 1 spiro atoms. The topological polar surface area (TPSA) is 181 Å². The largest absolute Gasteiger partial charge is 0.489 e. The van der Waals surface area contributed by atoms with E-state index in [-0.39, 0.29) is 63.8 Å². The molecule has 3 N–H and O–H groups in total. The predicted octanol–water partition coefficient (Wildman–Crippen LogP) is 10.5. The first-order valence-electron chi connectivity index (χ1n) is 24.3. The van der Waals surface area contributed by atoms with E-state index in [1.807, 2.05) is 12.1 Å². The van der Waals surface area contributed by atoms with Gasteiger partial charge in [-0.25, -0.2) is 13.1 Å². The molecule has 0 unspecified atom stereocenters. The van der Waals surface area contributed by atoms with Gasteiger partial charge in [-0.15, -0.1) is 0 Å². The fourth-order valence-corrected chi connectivity index (χ4v) is 12.8. The molecule has 15 nitrogen and oxygen atoms in total. The number of ether oxygens (including phenoxy) is 3. The van der Waals surface area contributed by atoms with Gasteiger partial charge in [0.2, 0.25) is 0 Å². The Hall–Kier alpha value is -5.87. The molecular weight excluding hydrogens is 883 g/mol. The first-order valence-corrected chi connectivity index (χ1v) is 25.8. The number of carbonyl (C=O) groups excluding carboxylic acids is 1. The third-order valence-electron chi connectivity index (χ3n) is 15.8. The maximum absolute atomic E-state index is 14.2. The summed E-state index contributed by atoms with van der Waals surface area (Å²) in [5, 5.41) is 16.5. The number of nitrogens with one attached hydrogen (secondary N) is 3. The van der Waals surface area contributed by atoms with Crippen molar-refractivity contribution in [2.24, 2.45) is 16.7 Å². The lowest BCUT2D eigenvalue weighted by molar-refractivity contribution is -0.384. The number of methoxy groups -OCH3 is 1. The number of hydrogen-bond donors (Lipinski definition) is 3. The summed E-state index contributed by atoms with van der Waals surface area (Å²) >= 11 is 0. The van der Waals surface area contributed by atoms with Crippen molar-refractivity contribution in [1.29, 1.82) is 0 Å². The standard InChI is InChI=1S/C52H63N7O8S/c1-32(2)38-9-6-7-10-39(38)42-11-8-22-58(42)36-29-52(30-36)19-23-57(24-20-52)35-12-13-40(44(26-35)67-46-25-34-16-21-53-48(34)55-50(46)65-5)49(60)56-68(63,64)37-27-43(59(61)62)47-45(28-37)66-31-41(54-47)33-14-17-51(3,4)18-15-33/h6-7,9-10,12-13,16,21,25-28,32-33,36,41-42,54H,8,11,14-15,17-20,22-24,29-31H2,1-5H3,(H,53,55)(H,56,60)/t41-,42+/m1/s1. The molecule has 2 saturated carbocycles. The van der Waals surface area contributed by atoms with Gasteiger partial charge in [0, 0.05) is 60.6 Å². The van der Waals surface area contributed by atoms with Crippen LogP contribution in [0.5, 0.6) is 23.1 Å². The Balaban J connectivity index is 0.875. The number of amides is 1. The normalized spacial score (nSPS) is 21.8. The van der Waals surface area contributed by atoms with Gasteiger partial charge in [0.15, 0.2) is 17.2 Å². The monoisotopic (exact) mass is 945 g/mol. The van der Waals surface area contributed by atoms with Crippen LogP contribution < -0.4 is 29.1 Å². The van der Waals surface area contributed by atoms with Crippen LogP contribution in [-0.4, -0.2) is 79.6 Å². The van der Waals surface area contributed by atoms with E-state index < -0.39 is 31.4 Å². The summed E-state index contributed by atoms with van der Waals surface area (Å²) in [7, 11) is -3.20. The molecule has 360 valence electrons. The van der Waals surface area contributed by atoms with Crippen molar-refractivity contribution in [3.05, 3.63) is 99.7 Å². The summed E-state index contributed by atoms with van der Waals surface area (Å²) in [4.78, 5) is 38.3. The molecule has 2 atom stereocenters. The lowest BCUT2D eigenvalue weighted by atomic mass is 9.59. The molecule has 5 aromatic rings. The third-order valence-corrected chi connectivity index (χ3v) is 17.2. The number of aromatic amines is 1. The third kappa shape index (κ3) is 8.85. The zero-order chi connectivity index (χ0) is 47.5. The number of likely N-dealkylation sites (tertiary alicyclic amines) is 1. The number of benzene rings is 3. The maximum atomic E-state index is 14.2. The van der Waals surface area contributed by atoms with Gasteiger partial charge in [-0.3, -0.25) is 19.8 Å². The molecule has 2 aliphatic carbocycles. The van der Waals surface area contributed by atoms with Crippen LogP contribution in [-0.2, 0) is 10.0 Å². The minimum Gasteiger partial charge on any atom is -0.489 e. The number of sulfonamides is 1. The molecule has 5 aliphatic rings. The van der Waals surface area contributed by atoms with Crippen LogP contribution in [0.2, 0.25) is 0 Å². The average molecular weight is 946 g/mol. The molecule has 3 aliphatic heterocycles. The SMILES string of the molecule is COc1nc2[nH]ccc2cc1Oc1cc(N2CCC3(CC2)CC(N2CCC[C@H]2c2ccccc2C(C)C)C3)ccc1C(=O)NS(=O)(=O)c1cc2c(c([N+](=O)[O-])c1)N[C@@H](C1CCC(C)(C)CC1)CO2. The average Bonchev–Trinajstić information content (AvgIpc) is 3.99. The Kier molecular flexibility index (Phi) is 12.1. The van der Waals surface area contributed by atoms with Crippen molar-refractivity contribution in [3.63, 3.8) is 0 Å². The van der Waals surface area contributed by atoms with E-state index in [0.29, 0.717) is 23.6 Å². The van der Waals surface area contributed by atoms with Gasteiger partial charge in [-0.1, -0.05) is 52.0 Å². The molecule has 3 aromatic carbocycles. The van der Waals surface area contributed by atoms with Crippen LogP contribution >= 0.6 is 0 Å². The van der Waals surface area contributed by atoms with E-state index in [4.69, 9.17) is 14.2 Å². The van der Waals surface area contributed by atoms with Crippen molar-refractivity contribution >= 4 is 44.0 Å². The number of nitrogens with zero attached hydrogens (tertiary/aromatic N) is 4. The van der Waals surface area contributed by atoms with Gasteiger partial charge in [-0.05, 0) is 129 Å². The van der Waals surface area contributed by atoms with Crippen molar-refractivity contribution in [2.45, 2.75) is 121 Å². The van der Waals surface area contributed by atoms with E-state index in [1.165, 1.54) is 50.0 Å². The number of aromatic nitrogens is 2. The highest BCUT2D eigenvalue weighted by Gasteiger charge is 2.50. The molecule has 10 rings (SSSR count). The van der Waals surface area contributed by atoms with Gasteiger partial charge in [0.25, 0.3) is 27.5 Å². The summed E-state index contributed by atoms with van der Waals surface area (Å²) in [6, 6.07) is 20.8. The Morgan fingerprint density at radius 1 is 0.971 bits per heavy atom. The number of piperidine rings is 1. The van der Waals surface area contributed by atoms with Gasteiger partial charge in [0.1, 0.15) is 18.0 Å². The fourth-order valence-electron chi connectivity index (χ4n) is 11.8. The van der Waals surface area contributed by atoms with Gasteiger partial charge in [0.05, 0.1) is 28.5 Å². The zero-order valence-corrected chi connectivity index (χ0v) is 40.5. The number of nitro groups is 1. The van der Waals surface area contributed by atoms with Crippen LogP contribution in [0.3, 0.4) is 0 Å². The summed E-state index contributed by atoms with van der Waals surface area (Å²) < 4.78 is 48.4. The number of fused-ring (bicyclic) bond motifs is 2. The Bertz CT molecular complexity index is 2840. The van der Waals surface area contributed by atoms with Gasteiger partial charge >= 0.3 is 0 Å². The van der Waals surface area contributed by atoms with E-state index >= 15 is 0 Å². The molecule has 2 aromatic heterocycles. The number of hydrogen-bond acceptors (Lipinski definition) is 12. The number of carbonyl (C=O) groups is 1. The van der Waals surface area contributed by atoms with E-state index in [0.717, 1.165) is 75.3 Å². The summed E-state index contributed by atoms with van der Waals surface area (Å²) in [5.41, 5.74) is 4.52. The summed E-state index contributed by atoms with van der Waals surface area (Å²) in [5.74, 6) is 0.306. The number of rotatable bonds is 12. The van der Waals surface area contributed by atoms with E-state index in [9.17, 15) is 23.3 Å². The molecule has 2 saturated heterocycles. The minimum atomic E-state index is -4.67. The van der Waals surface area contributed by atoms with Gasteiger partial charge < -0.3 is 29.4 Å². The highest BCUT2D eigenvalue weighted by Crippen LogP contribution is 2.55. The zero-order valence-electron chi connectivity index (χ0n) is 39.7. The lowest BCUT2D eigenvalue weighted by Gasteiger charge is -2.56. The van der Waals surface area contributed by atoms with Crippen molar-refractivity contribution in [2.75, 3.05) is 43.6 Å². The Labute approximate surface area is 398 Å². The van der Waals surface area contributed by atoms with Crippen LogP contribution in [0.25, 0.3) is 11.0 Å². The Morgan fingerprint density at radius 2 is 1.74 bits per heavy atom. The summed E-state index contributed by atoms with van der Waals surface area (Å²) in [6.45, 7) is 12.1.